The smallest absolute Gasteiger partial charge is 0.0482 e. The van der Waals surface area contributed by atoms with Crippen molar-refractivity contribution in [3.63, 3.8) is 0 Å². The van der Waals surface area contributed by atoms with Gasteiger partial charge in [0.1, 0.15) is 0 Å². The molecule has 0 fully saturated rings. The van der Waals surface area contributed by atoms with Crippen LogP contribution in [-0.2, 0) is 0 Å². The van der Waals surface area contributed by atoms with Gasteiger partial charge in [-0.15, -0.1) is 0 Å². The normalized spacial score (nSPS) is 13.1. The summed E-state index contributed by atoms with van der Waals surface area (Å²) in [6, 6.07) is 0. The van der Waals surface area contributed by atoms with Crippen LogP contribution in [0.4, 0.5) is 0 Å². The number of rotatable bonds is 9. The Morgan fingerprint density at radius 3 is 1.62 bits per heavy atom. The molecule has 0 aromatic heterocycles. The quantitative estimate of drug-likeness (QED) is 0.459. The highest BCUT2D eigenvalue weighted by Gasteiger charge is 2.16. The number of aliphatic hydroxyl groups is 1. The first kappa shape index (κ1) is 16.3. The first-order chi connectivity index (χ1) is 7.33. The van der Waals surface area contributed by atoms with E-state index in [0.717, 1.165) is 12.2 Å². The molecular formula is C14H30OS. The fourth-order valence-electron chi connectivity index (χ4n) is 1.72. The van der Waals surface area contributed by atoms with Crippen LogP contribution in [-0.4, -0.2) is 17.5 Å². The van der Waals surface area contributed by atoms with Crippen LogP contribution >= 0.6 is 12.6 Å². The minimum atomic E-state index is 0.115. The van der Waals surface area contributed by atoms with Crippen LogP contribution < -0.4 is 0 Å². The van der Waals surface area contributed by atoms with Crippen molar-refractivity contribution in [1.82, 2.24) is 0 Å². The highest BCUT2D eigenvalue weighted by Crippen LogP contribution is 2.26. The summed E-state index contributed by atoms with van der Waals surface area (Å²) in [4.78, 5) is 0. The average Bonchev–Trinajstić information content (AvgIpc) is 2.23. The fraction of sp³-hybridized carbons (Fsp3) is 1.00. The van der Waals surface area contributed by atoms with Gasteiger partial charge >= 0.3 is 0 Å². The minimum Gasteiger partial charge on any atom is -0.396 e. The Labute approximate surface area is 107 Å². The largest absolute Gasteiger partial charge is 0.396 e. The molecule has 0 rings (SSSR count). The summed E-state index contributed by atoms with van der Waals surface area (Å²) in [5.41, 5.74) is 0.512. The molecule has 1 nitrogen and oxygen atoms in total. The van der Waals surface area contributed by atoms with Crippen molar-refractivity contribution in [2.75, 3.05) is 12.4 Å². The summed E-state index contributed by atoms with van der Waals surface area (Å²) in [5, 5.41) is 9.13. The maximum absolute atomic E-state index is 9.13. The van der Waals surface area contributed by atoms with Crippen LogP contribution in [0.1, 0.15) is 66.2 Å². The summed E-state index contributed by atoms with van der Waals surface area (Å²) in [5.74, 6) is 0.977. The van der Waals surface area contributed by atoms with Gasteiger partial charge in [0.2, 0.25) is 0 Å². The second kappa shape index (κ2) is 7.60. The lowest BCUT2D eigenvalue weighted by Gasteiger charge is -2.22. The van der Waals surface area contributed by atoms with Crippen LogP contribution in [0.15, 0.2) is 0 Å². The zero-order valence-electron chi connectivity index (χ0n) is 11.6. The van der Waals surface area contributed by atoms with Crippen LogP contribution in [0, 0.1) is 10.8 Å². The van der Waals surface area contributed by atoms with Crippen LogP contribution in [0.25, 0.3) is 0 Å². The third-order valence-corrected chi connectivity index (χ3v) is 4.17. The molecule has 0 amide bonds. The maximum Gasteiger partial charge on any atom is 0.0482 e. The number of unbranched alkanes of at least 4 members (excludes halogenated alkanes) is 3. The SMILES string of the molecule is CC(C)(CO)CCCCCCC(C)(C)CS. The molecule has 1 N–H and O–H groups in total. The first-order valence-corrected chi connectivity index (χ1v) is 7.18. The molecule has 98 valence electrons. The number of thiol groups is 1. The standard InChI is InChI=1S/C14H30OS/c1-13(2,11-15)9-7-5-6-8-10-14(3,4)12-16/h15-16H,5-12H2,1-4H3. The van der Waals surface area contributed by atoms with Gasteiger partial charge in [-0.1, -0.05) is 53.4 Å². The summed E-state index contributed by atoms with van der Waals surface area (Å²) < 4.78 is 0. The van der Waals surface area contributed by atoms with Gasteiger partial charge in [0.05, 0.1) is 0 Å². The van der Waals surface area contributed by atoms with Crippen molar-refractivity contribution in [3.05, 3.63) is 0 Å². The molecule has 0 aliphatic rings. The van der Waals surface area contributed by atoms with Crippen molar-refractivity contribution in [1.29, 1.82) is 0 Å². The lowest BCUT2D eigenvalue weighted by atomic mass is 9.86. The highest BCUT2D eigenvalue weighted by atomic mass is 32.1. The molecule has 0 saturated heterocycles. The molecule has 0 bridgehead atoms. The zero-order valence-corrected chi connectivity index (χ0v) is 12.4. The van der Waals surface area contributed by atoms with Crippen LogP contribution in [0.3, 0.4) is 0 Å². The Morgan fingerprint density at radius 1 is 0.812 bits per heavy atom. The molecular weight excluding hydrogens is 216 g/mol. The Balaban J connectivity index is 3.42. The molecule has 0 radical (unpaired) electrons. The van der Waals surface area contributed by atoms with Gasteiger partial charge < -0.3 is 5.11 Å². The van der Waals surface area contributed by atoms with Crippen molar-refractivity contribution in [3.8, 4) is 0 Å². The van der Waals surface area contributed by atoms with E-state index in [1.165, 1.54) is 32.1 Å². The fourth-order valence-corrected chi connectivity index (χ4v) is 1.88. The van der Waals surface area contributed by atoms with Gasteiger partial charge in [-0.05, 0) is 29.4 Å². The van der Waals surface area contributed by atoms with E-state index in [9.17, 15) is 0 Å². The van der Waals surface area contributed by atoms with Crippen molar-refractivity contribution < 1.29 is 5.11 Å². The van der Waals surface area contributed by atoms with E-state index >= 15 is 0 Å². The summed E-state index contributed by atoms with van der Waals surface area (Å²) >= 11 is 4.37. The van der Waals surface area contributed by atoms with Gasteiger partial charge in [0.25, 0.3) is 0 Å². The molecule has 0 spiro atoms. The molecule has 0 unspecified atom stereocenters. The van der Waals surface area contributed by atoms with E-state index < -0.39 is 0 Å². The van der Waals surface area contributed by atoms with E-state index in [1.54, 1.807) is 0 Å². The Kier molecular flexibility index (Phi) is 7.75. The van der Waals surface area contributed by atoms with Gasteiger partial charge in [0.15, 0.2) is 0 Å². The summed E-state index contributed by atoms with van der Waals surface area (Å²) in [7, 11) is 0. The van der Waals surface area contributed by atoms with Crippen molar-refractivity contribution in [2.24, 2.45) is 10.8 Å². The Hall–Kier alpha value is 0.310. The third kappa shape index (κ3) is 8.46. The molecule has 0 saturated carbocycles. The average molecular weight is 246 g/mol. The van der Waals surface area contributed by atoms with Crippen molar-refractivity contribution >= 4 is 12.6 Å². The van der Waals surface area contributed by atoms with E-state index in [0.29, 0.717) is 12.0 Å². The number of hydrogen-bond acceptors (Lipinski definition) is 2. The van der Waals surface area contributed by atoms with E-state index in [-0.39, 0.29) is 5.41 Å². The van der Waals surface area contributed by atoms with Gasteiger partial charge in [-0.2, -0.15) is 12.6 Å². The van der Waals surface area contributed by atoms with Crippen LogP contribution in [0.5, 0.6) is 0 Å². The molecule has 16 heavy (non-hydrogen) atoms. The Morgan fingerprint density at radius 2 is 1.25 bits per heavy atom. The number of hydrogen-bond donors (Lipinski definition) is 2. The van der Waals surface area contributed by atoms with Gasteiger partial charge in [-0.25, -0.2) is 0 Å². The van der Waals surface area contributed by atoms with Crippen molar-refractivity contribution in [2.45, 2.75) is 66.2 Å². The summed E-state index contributed by atoms with van der Waals surface area (Å²) in [6.07, 6.45) is 7.59. The van der Waals surface area contributed by atoms with E-state index in [4.69, 9.17) is 5.11 Å². The topological polar surface area (TPSA) is 20.2 Å². The van der Waals surface area contributed by atoms with Gasteiger partial charge in [0, 0.05) is 6.61 Å². The maximum atomic E-state index is 9.13. The molecule has 2 heteroatoms. The first-order valence-electron chi connectivity index (χ1n) is 6.55. The Bertz CT molecular complexity index is 156. The predicted octanol–water partition coefficient (Wildman–Crippen LogP) is 4.30. The zero-order chi connectivity index (χ0) is 12.7. The monoisotopic (exact) mass is 246 g/mol. The highest BCUT2D eigenvalue weighted by molar-refractivity contribution is 7.80. The van der Waals surface area contributed by atoms with E-state index in [2.05, 4.69) is 40.3 Å². The number of aliphatic hydroxyl groups excluding tert-OH is 1. The second-order valence-corrected chi connectivity index (χ2v) is 6.88. The molecule has 0 aromatic rings. The second-order valence-electron chi connectivity index (χ2n) is 6.56. The third-order valence-electron chi connectivity index (χ3n) is 3.31. The predicted molar refractivity (Wildman–Crippen MR) is 76.2 cm³/mol. The van der Waals surface area contributed by atoms with Crippen LogP contribution in [0.2, 0.25) is 0 Å². The molecule has 0 aliphatic carbocycles. The van der Waals surface area contributed by atoms with E-state index in [1.807, 2.05) is 0 Å². The molecule has 0 aliphatic heterocycles. The lowest BCUT2D eigenvalue weighted by Crippen LogP contribution is -2.16. The lowest BCUT2D eigenvalue weighted by molar-refractivity contribution is 0.147. The minimum absolute atomic E-state index is 0.115. The summed E-state index contributed by atoms with van der Waals surface area (Å²) in [6.45, 7) is 9.15. The molecule has 0 atom stereocenters. The molecule has 0 heterocycles. The van der Waals surface area contributed by atoms with Gasteiger partial charge in [-0.3, -0.25) is 0 Å². The molecule has 0 aromatic carbocycles.